The Labute approximate surface area is 108 Å². The number of amides is 1. The minimum absolute atomic E-state index is 0.0974. The summed E-state index contributed by atoms with van der Waals surface area (Å²) in [6.07, 6.45) is 2.89. The van der Waals surface area contributed by atoms with E-state index in [-0.39, 0.29) is 5.91 Å². The average Bonchev–Trinajstić information content (AvgIpc) is 2.79. The molecule has 0 saturated carbocycles. The van der Waals surface area contributed by atoms with Gasteiger partial charge < -0.3 is 10.6 Å². The molecule has 2 N–H and O–H groups in total. The lowest BCUT2D eigenvalue weighted by Gasteiger charge is -2.31. The summed E-state index contributed by atoms with van der Waals surface area (Å²) in [4.78, 5) is 14.3. The van der Waals surface area contributed by atoms with Crippen molar-refractivity contribution in [2.75, 3.05) is 19.6 Å². The summed E-state index contributed by atoms with van der Waals surface area (Å²) in [5, 5.41) is 4.33. The Morgan fingerprint density at radius 3 is 2.67 bits per heavy atom. The lowest BCUT2D eigenvalue weighted by molar-refractivity contribution is 0.0682. The number of hydrogen-bond donors (Lipinski definition) is 1. The number of nitrogens with two attached hydrogens (primary N) is 1. The molecule has 0 radical (unpaired) electrons. The molecule has 1 aromatic heterocycles. The van der Waals surface area contributed by atoms with Crippen LogP contribution < -0.4 is 5.73 Å². The van der Waals surface area contributed by atoms with Crippen molar-refractivity contribution in [3.63, 3.8) is 0 Å². The SMILES string of the molecule is CCc1cc(C(=O)N2CCC(CN)CC2)n(C)n1. The standard InChI is InChI=1S/C13H22N4O/c1-3-11-8-12(16(2)15-11)13(18)17-6-4-10(9-14)5-7-17/h8,10H,3-7,9,14H2,1-2H3. The van der Waals surface area contributed by atoms with E-state index >= 15 is 0 Å². The number of rotatable bonds is 3. The Bertz CT molecular complexity index is 419. The van der Waals surface area contributed by atoms with Crippen molar-refractivity contribution in [3.05, 3.63) is 17.5 Å². The van der Waals surface area contributed by atoms with E-state index < -0.39 is 0 Å². The maximum Gasteiger partial charge on any atom is 0.272 e. The largest absolute Gasteiger partial charge is 0.337 e. The molecular weight excluding hydrogens is 228 g/mol. The highest BCUT2D eigenvalue weighted by Gasteiger charge is 2.24. The first-order chi connectivity index (χ1) is 8.65. The molecule has 0 aromatic carbocycles. The maximum atomic E-state index is 12.4. The van der Waals surface area contributed by atoms with Gasteiger partial charge in [-0.3, -0.25) is 9.48 Å². The fourth-order valence-electron chi connectivity index (χ4n) is 2.43. The number of hydrogen-bond acceptors (Lipinski definition) is 3. The highest BCUT2D eigenvalue weighted by molar-refractivity contribution is 5.92. The molecule has 1 aliphatic rings. The maximum absolute atomic E-state index is 12.4. The molecule has 0 unspecified atom stereocenters. The van der Waals surface area contributed by atoms with Gasteiger partial charge in [-0.1, -0.05) is 6.92 Å². The van der Waals surface area contributed by atoms with E-state index in [1.54, 1.807) is 4.68 Å². The highest BCUT2D eigenvalue weighted by Crippen LogP contribution is 2.18. The molecule has 2 heterocycles. The van der Waals surface area contributed by atoms with Crippen LogP contribution in [0.5, 0.6) is 0 Å². The first-order valence-electron chi connectivity index (χ1n) is 6.68. The van der Waals surface area contributed by atoms with Gasteiger partial charge in [-0.25, -0.2) is 0 Å². The zero-order valence-corrected chi connectivity index (χ0v) is 11.2. The van der Waals surface area contributed by atoms with E-state index in [1.807, 2.05) is 24.9 Å². The van der Waals surface area contributed by atoms with E-state index in [1.165, 1.54) is 0 Å². The van der Waals surface area contributed by atoms with Gasteiger partial charge in [0.25, 0.3) is 5.91 Å². The van der Waals surface area contributed by atoms with Crippen LogP contribution in [0.4, 0.5) is 0 Å². The van der Waals surface area contributed by atoms with E-state index in [9.17, 15) is 4.79 Å². The Morgan fingerprint density at radius 1 is 1.50 bits per heavy atom. The number of carbonyl (C=O) groups excluding carboxylic acids is 1. The minimum atomic E-state index is 0.0974. The van der Waals surface area contributed by atoms with Crippen LogP contribution >= 0.6 is 0 Å². The zero-order chi connectivity index (χ0) is 13.1. The van der Waals surface area contributed by atoms with Gasteiger partial charge >= 0.3 is 0 Å². The number of aromatic nitrogens is 2. The van der Waals surface area contributed by atoms with Crippen LogP contribution in [-0.2, 0) is 13.5 Å². The van der Waals surface area contributed by atoms with Gasteiger partial charge in [0.2, 0.25) is 0 Å². The summed E-state index contributed by atoms with van der Waals surface area (Å²) in [5.74, 6) is 0.673. The second-order valence-corrected chi connectivity index (χ2v) is 4.97. The second-order valence-electron chi connectivity index (χ2n) is 4.97. The number of likely N-dealkylation sites (tertiary alicyclic amines) is 1. The predicted molar refractivity (Wildman–Crippen MR) is 70.3 cm³/mol. The molecular formula is C13H22N4O. The van der Waals surface area contributed by atoms with Crippen LogP contribution in [0.25, 0.3) is 0 Å². The molecule has 1 aliphatic heterocycles. The number of carbonyl (C=O) groups is 1. The number of piperidine rings is 1. The van der Waals surface area contributed by atoms with Crippen molar-refractivity contribution >= 4 is 5.91 Å². The number of nitrogens with zero attached hydrogens (tertiary/aromatic N) is 3. The normalized spacial score (nSPS) is 17.2. The Kier molecular flexibility index (Phi) is 4.01. The quantitative estimate of drug-likeness (QED) is 0.862. The zero-order valence-electron chi connectivity index (χ0n) is 11.2. The molecule has 100 valence electrons. The lowest BCUT2D eigenvalue weighted by Crippen LogP contribution is -2.40. The molecule has 2 rings (SSSR count). The van der Waals surface area contributed by atoms with E-state index in [4.69, 9.17) is 5.73 Å². The third-order valence-corrected chi connectivity index (χ3v) is 3.75. The summed E-state index contributed by atoms with van der Waals surface area (Å²) in [5.41, 5.74) is 7.33. The van der Waals surface area contributed by atoms with Gasteiger partial charge in [0.05, 0.1) is 5.69 Å². The monoisotopic (exact) mass is 250 g/mol. The summed E-state index contributed by atoms with van der Waals surface area (Å²) in [6.45, 7) is 4.40. The van der Waals surface area contributed by atoms with Gasteiger partial charge in [-0.15, -0.1) is 0 Å². The van der Waals surface area contributed by atoms with Crippen molar-refractivity contribution in [3.8, 4) is 0 Å². The molecule has 0 aliphatic carbocycles. The molecule has 1 saturated heterocycles. The smallest absolute Gasteiger partial charge is 0.272 e. The molecule has 5 heteroatoms. The first kappa shape index (κ1) is 13.1. The van der Waals surface area contributed by atoms with Crippen molar-refractivity contribution in [1.29, 1.82) is 0 Å². The first-order valence-corrected chi connectivity index (χ1v) is 6.68. The van der Waals surface area contributed by atoms with Crippen molar-refractivity contribution < 1.29 is 4.79 Å². The van der Waals surface area contributed by atoms with Crippen LogP contribution in [0.15, 0.2) is 6.07 Å². The second kappa shape index (κ2) is 5.52. The molecule has 1 amide bonds. The molecule has 18 heavy (non-hydrogen) atoms. The van der Waals surface area contributed by atoms with Crippen LogP contribution in [0.2, 0.25) is 0 Å². The van der Waals surface area contributed by atoms with E-state index in [0.29, 0.717) is 11.6 Å². The van der Waals surface area contributed by atoms with Crippen LogP contribution in [0.1, 0.15) is 35.9 Å². The van der Waals surface area contributed by atoms with Gasteiger partial charge in [-0.2, -0.15) is 5.10 Å². The highest BCUT2D eigenvalue weighted by atomic mass is 16.2. The van der Waals surface area contributed by atoms with Crippen molar-refractivity contribution in [2.45, 2.75) is 26.2 Å². The van der Waals surface area contributed by atoms with Crippen LogP contribution in [0.3, 0.4) is 0 Å². The fourth-order valence-corrected chi connectivity index (χ4v) is 2.43. The predicted octanol–water partition coefficient (Wildman–Crippen LogP) is 0.793. The Hall–Kier alpha value is -1.36. The Balaban J connectivity index is 2.05. The van der Waals surface area contributed by atoms with E-state index in [2.05, 4.69) is 5.10 Å². The topological polar surface area (TPSA) is 64.2 Å². The molecule has 0 atom stereocenters. The summed E-state index contributed by atoms with van der Waals surface area (Å²) in [6, 6.07) is 1.90. The molecule has 5 nitrogen and oxygen atoms in total. The van der Waals surface area contributed by atoms with Crippen molar-refractivity contribution in [2.24, 2.45) is 18.7 Å². The minimum Gasteiger partial charge on any atom is -0.337 e. The van der Waals surface area contributed by atoms with Crippen LogP contribution in [0, 0.1) is 5.92 Å². The molecule has 1 aromatic rings. The number of aryl methyl sites for hydroxylation is 2. The summed E-state index contributed by atoms with van der Waals surface area (Å²) in [7, 11) is 1.83. The van der Waals surface area contributed by atoms with Crippen molar-refractivity contribution in [1.82, 2.24) is 14.7 Å². The third-order valence-electron chi connectivity index (χ3n) is 3.75. The fraction of sp³-hybridized carbons (Fsp3) is 0.692. The van der Waals surface area contributed by atoms with E-state index in [0.717, 1.165) is 44.6 Å². The van der Waals surface area contributed by atoms with Crippen LogP contribution in [-0.4, -0.2) is 40.2 Å². The van der Waals surface area contributed by atoms with Gasteiger partial charge in [0.15, 0.2) is 0 Å². The lowest BCUT2D eigenvalue weighted by atomic mass is 9.97. The van der Waals surface area contributed by atoms with Gasteiger partial charge in [0.1, 0.15) is 5.69 Å². The average molecular weight is 250 g/mol. The van der Waals surface area contributed by atoms with Gasteiger partial charge in [-0.05, 0) is 37.8 Å². The summed E-state index contributed by atoms with van der Waals surface area (Å²) >= 11 is 0. The molecule has 0 bridgehead atoms. The summed E-state index contributed by atoms with van der Waals surface area (Å²) < 4.78 is 1.69. The molecule has 0 spiro atoms. The molecule has 1 fully saturated rings. The van der Waals surface area contributed by atoms with Gasteiger partial charge in [0, 0.05) is 20.1 Å². The third kappa shape index (κ3) is 2.56. The Morgan fingerprint density at radius 2 is 2.17 bits per heavy atom.